The van der Waals surface area contributed by atoms with Crippen LogP contribution in [-0.4, -0.2) is 36.8 Å². The zero-order valence-electron chi connectivity index (χ0n) is 13.7. The summed E-state index contributed by atoms with van der Waals surface area (Å²) in [6, 6.07) is 7.62. The smallest absolute Gasteiger partial charge is 0.341 e. The van der Waals surface area contributed by atoms with Gasteiger partial charge in [0.05, 0.1) is 13.7 Å². The Kier molecular flexibility index (Phi) is 5.03. The van der Waals surface area contributed by atoms with Crippen LogP contribution in [0.25, 0.3) is 0 Å². The fourth-order valence-electron chi connectivity index (χ4n) is 2.24. The predicted molar refractivity (Wildman–Crippen MR) is 85.5 cm³/mol. The molecule has 1 aromatic heterocycles. The van der Waals surface area contributed by atoms with Crippen LogP contribution in [0, 0.1) is 6.92 Å². The molecule has 0 fully saturated rings. The molecule has 2 amide bonds. The van der Waals surface area contributed by atoms with Crippen molar-refractivity contribution in [3.8, 4) is 0 Å². The number of esters is 1. The van der Waals surface area contributed by atoms with E-state index in [9.17, 15) is 14.4 Å². The molecule has 0 saturated carbocycles. The van der Waals surface area contributed by atoms with E-state index in [2.05, 4.69) is 4.74 Å². The van der Waals surface area contributed by atoms with Gasteiger partial charge in [0.2, 0.25) is 5.91 Å². The number of carbonyl (C=O) groups is 3. The lowest BCUT2D eigenvalue weighted by molar-refractivity contribution is 0.0598. The molecule has 7 nitrogen and oxygen atoms in total. The number of hydrogen-bond acceptors (Lipinski definition) is 5. The Balaban J connectivity index is 2.11. The van der Waals surface area contributed by atoms with Crippen molar-refractivity contribution in [2.75, 3.05) is 14.2 Å². The van der Waals surface area contributed by atoms with Crippen LogP contribution in [0.1, 0.15) is 42.6 Å². The van der Waals surface area contributed by atoms with E-state index >= 15 is 0 Å². The quantitative estimate of drug-likeness (QED) is 0.841. The number of methoxy groups -OCH3 is 1. The maximum absolute atomic E-state index is 12.4. The van der Waals surface area contributed by atoms with Gasteiger partial charge in [-0.1, -0.05) is 0 Å². The summed E-state index contributed by atoms with van der Waals surface area (Å²) in [5, 5.41) is 0. The monoisotopic (exact) mass is 330 g/mol. The highest BCUT2D eigenvalue weighted by molar-refractivity contribution is 5.97. The second-order valence-electron chi connectivity index (χ2n) is 5.28. The zero-order valence-corrected chi connectivity index (χ0v) is 13.7. The number of hydrogen-bond donors (Lipinski definition) is 1. The van der Waals surface area contributed by atoms with E-state index < -0.39 is 11.9 Å². The highest BCUT2D eigenvalue weighted by Crippen LogP contribution is 2.18. The van der Waals surface area contributed by atoms with Crippen molar-refractivity contribution in [3.05, 3.63) is 58.5 Å². The third-order valence-corrected chi connectivity index (χ3v) is 3.53. The molecule has 0 bridgehead atoms. The van der Waals surface area contributed by atoms with Gasteiger partial charge in [0.25, 0.3) is 5.91 Å². The highest BCUT2D eigenvalue weighted by Gasteiger charge is 2.18. The molecule has 0 aliphatic rings. The molecule has 0 saturated heterocycles. The second kappa shape index (κ2) is 6.99. The van der Waals surface area contributed by atoms with Crippen molar-refractivity contribution >= 4 is 17.8 Å². The van der Waals surface area contributed by atoms with Crippen LogP contribution in [0.5, 0.6) is 0 Å². The van der Waals surface area contributed by atoms with Gasteiger partial charge >= 0.3 is 5.97 Å². The van der Waals surface area contributed by atoms with Gasteiger partial charge in [-0.2, -0.15) is 0 Å². The van der Waals surface area contributed by atoms with Crippen molar-refractivity contribution < 1.29 is 23.5 Å². The molecule has 2 rings (SSSR count). The Morgan fingerprint density at radius 1 is 1.17 bits per heavy atom. The summed E-state index contributed by atoms with van der Waals surface area (Å²) in [6.07, 6.45) is 0. The molecular formula is C17H18N2O5. The minimum absolute atomic E-state index is 0.189. The average molecular weight is 330 g/mol. The Labute approximate surface area is 139 Å². The number of benzene rings is 1. The van der Waals surface area contributed by atoms with Gasteiger partial charge in [0, 0.05) is 18.2 Å². The molecule has 0 aliphatic carbocycles. The molecule has 7 heteroatoms. The number of nitrogens with zero attached hydrogens (tertiary/aromatic N) is 1. The SMILES string of the molecule is COC(=O)c1cc(CN(C)C(=O)c2ccc(C(N)=O)cc2)oc1C. The first-order valence-corrected chi connectivity index (χ1v) is 7.16. The van der Waals surface area contributed by atoms with Gasteiger partial charge in [0.1, 0.15) is 17.1 Å². The van der Waals surface area contributed by atoms with E-state index in [1.54, 1.807) is 20.0 Å². The van der Waals surface area contributed by atoms with E-state index in [1.165, 1.54) is 36.3 Å². The van der Waals surface area contributed by atoms with Crippen molar-refractivity contribution in [2.45, 2.75) is 13.5 Å². The number of aryl methyl sites for hydroxylation is 1. The maximum atomic E-state index is 12.4. The van der Waals surface area contributed by atoms with Crippen LogP contribution < -0.4 is 5.73 Å². The summed E-state index contributed by atoms with van der Waals surface area (Å²) >= 11 is 0. The molecule has 0 radical (unpaired) electrons. The minimum atomic E-state index is -0.552. The standard InChI is InChI=1S/C17H18N2O5/c1-10-14(17(22)23-3)8-13(24-10)9-19(2)16(21)12-6-4-11(5-7-12)15(18)20/h4-8H,9H2,1-3H3,(H2,18,20). The average Bonchev–Trinajstić information content (AvgIpc) is 2.93. The Bertz CT molecular complexity index is 777. The summed E-state index contributed by atoms with van der Waals surface area (Å²) in [5.74, 6) is -0.386. The van der Waals surface area contributed by atoms with Gasteiger partial charge in [-0.05, 0) is 37.3 Å². The third kappa shape index (κ3) is 3.62. The number of furan rings is 1. The summed E-state index contributed by atoms with van der Waals surface area (Å²) in [6.45, 7) is 1.84. The van der Waals surface area contributed by atoms with Gasteiger partial charge in [-0.25, -0.2) is 4.79 Å². The van der Waals surface area contributed by atoms with Gasteiger partial charge in [-0.3, -0.25) is 9.59 Å². The first-order chi connectivity index (χ1) is 11.3. The third-order valence-electron chi connectivity index (χ3n) is 3.53. The predicted octanol–water partition coefficient (Wildman–Crippen LogP) is 1.75. The molecule has 0 aliphatic heterocycles. The lowest BCUT2D eigenvalue weighted by Crippen LogP contribution is -2.26. The van der Waals surface area contributed by atoms with E-state index in [4.69, 9.17) is 10.2 Å². The van der Waals surface area contributed by atoms with E-state index in [-0.39, 0.29) is 12.5 Å². The van der Waals surface area contributed by atoms with Crippen LogP contribution in [0.2, 0.25) is 0 Å². The van der Waals surface area contributed by atoms with Crippen molar-refractivity contribution in [1.29, 1.82) is 0 Å². The normalized spacial score (nSPS) is 10.3. The minimum Gasteiger partial charge on any atom is -0.465 e. The Morgan fingerprint density at radius 2 is 1.75 bits per heavy atom. The van der Waals surface area contributed by atoms with Crippen LogP contribution in [0.15, 0.2) is 34.7 Å². The molecule has 1 heterocycles. The number of primary amides is 1. The second-order valence-corrected chi connectivity index (χ2v) is 5.28. The van der Waals surface area contributed by atoms with Crippen LogP contribution >= 0.6 is 0 Å². The van der Waals surface area contributed by atoms with Crippen LogP contribution in [0.4, 0.5) is 0 Å². The first kappa shape index (κ1) is 17.3. The van der Waals surface area contributed by atoms with Crippen LogP contribution in [-0.2, 0) is 11.3 Å². The number of nitrogens with two attached hydrogens (primary N) is 1. The van der Waals surface area contributed by atoms with Crippen molar-refractivity contribution in [1.82, 2.24) is 4.90 Å². The lowest BCUT2D eigenvalue weighted by Gasteiger charge is -2.15. The number of amides is 2. The Morgan fingerprint density at radius 3 is 2.29 bits per heavy atom. The number of carbonyl (C=O) groups excluding carboxylic acids is 3. The lowest BCUT2D eigenvalue weighted by atomic mass is 10.1. The van der Waals surface area contributed by atoms with Crippen molar-refractivity contribution in [2.24, 2.45) is 5.73 Å². The fourth-order valence-corrected chi connectivity index (χ4v) is 2.24. The first-order valence-electron chi connectivity index (χ1n) is 7.16. The highest BCUT2D eigenvalue weighted by atomic mass is 16.5. The molecule has 0 unspecified atom stereocenters. The largest absolute Gasteiger partial charge is 0.465 e. The fraction of sp³-hybridized carbons (Fsp3) is 0.235. The summed E-state index contributed by atoms with van der Waals surface area (Å²) in [7, 11) is 2.90. The molecule has 2 N–H and O–H groups in total. The maximum Gasteiger partial charge on any atom is 0.341 e. The molecule has 2 aromatic rings. The molecule has 0 spiro atoms. The van der Waals surface area contributed by atoms with Gasteiger partial charge in [-0.15, -0.1) is 0 Å². The summed E-state index contributed by atoms with van der Waals surface area (Å²) in [5.41, 5.74) is 6.25. The van der Waals surface area contributed by atoms with Gasteiger partial charge < -0.3 is 19.8 Å². The summed E-state index contributed by atoms with van der Waals surface area (Å²) in [4.78, 5) is 36.5. The molecule has 126 valence electrons. The Hall–Kier alpha value is -3.09. The zero-order chi connectivity index (χ0) is 17.9. The van der Waals surface area contributed by atoms with Gasteiger partial charge in [0.15, 0.2) is 0 Å². The number of rotatable bonds is 5. The number of ether oxygens (including phenoxy) is 1. The van der Waals surface area contributed by atoms with E-state index in [1.807, 2.05) is 0 Å². The molecule has 0 atom stereocenters. The van der Waals surface area contributed by atoms with Crippen LogP contribution in [0.3, 0.4) is 0 Å². The van der Waals surface area contributed by atoms with Crippen molar-refractivity contribution in [3.63, 3.8) is 0 Å². The van der Waals surface area contributed by atoms with E-state index in [0.717, 1.165) is 0 Å². The summed E-state index contributed by atoms with van der Waals surface area (Å²) < 4.78 is 10.2. The molecule has 1 aromatic carbocycles. The molecular weight excluding hydrogens is 312 g/mol. The molecule has 24 heavy (non-hydrogen) atoms. The topological polar surface area (TPSA) is 103 Å². The van der Waals surface area contributed by atoms with E-state index in [0.29, 0.717) is 28.2 Å².